The third-order valence-corrected chi connectivity index (χ3v) is 5.43. The predicted octanol–water partition coefficient (Wildman–Crippen LogP) is 1.09. The lowest BCUT2D eigenvalue weighted by Gasteiger charge is -2.21. The van der Waals surface area contributed by atoms with E-state index in [2.05, 4.69) is 9.71 Å². The first kappa shape index (κ1) is 13.6. The molecule has 1 aliphatic heterocycles. The quantitative estimate of drug-likeness (QED) is 0.865. The molecular formula is C11H17N3O2S2. The molecule has 0 unspecified atom stereocenters. The van der Waals surface area contributed by atoms with Gasteiger partial charge < -0.3 is 5.73 Å². The van der Waals surface area contributed by atoms with E-state index in [4.69, 9.17) is 5.73 Å². The van der Waals surface area contributed by atoms with Crippen LogP contribution in [0.5, 0.6) is 0 Å². The second kappa shape index (κ2) is 5.90. The largest absolute Gasteiger partial charge is 0.384 e. The smallest absolute Gasteiger partial charge is 0.242 e. The molecule has 2 heterocycles. The van der Waals surface area contributed by atoms with Gasteiger partial charge in [-0.25, -0.2) is 18.1 Å². The van der Waals surface area contributed by atoms with E-state index in [0.717, 1.165) is 24.3 Å². The van der Waals surface area contributed by atoms with Crippen molar-refractivity contribution >= 4 is 27.6 Å². The van der Waals surface area contributed by atoms with Crippen LogP contribution in [-0.2, 0) is 10.0 Å². The molecule has 1 aliphatic rings. The van der Waals surface area contributed by atoms with E-state index < -0.39 is 10.0 Å². The molecule has 2 rings (SSSR count). The van der Waals surface area contributed by atoms with Crippen LogP contribution in [0.25, 0.3) is 0 Å². The number of nitrogen functional groups attached to an aromatic ring is 1. The summed E-state index contributed by atoms with van der Waals surface area (Å²) < 4.78 is 26.6. The summed E-state index contributed by atoms with van der Waals surface area (Å²) in [5.74, 6) is 3.01. The molecule has 0 bridgehead atoms. The molecule has 1 aromatic heterocycles. The number of hydrogen-bond acceptors (Lipinski definition) is 5. The maximum Gasteiger partial charge on any atom is 0.242 e. The molecule has 0 atom stereocenters. The van der Waals surface area contributed by atoms with Crippen LogP contribution in [0.4, 0.5) is 5.82 Å². The second-order valence-electron chi connectivity index (χ2n) is 4.33. The molecule has 18 heavy (non-hydrogen) atoms. The fraction of sp³-hybridized carbons (Fsp3) is 0.545. The van der Waals surface area contributed by atoms with Gasteiger partial charge in [-0.05, 0) is 42.4 Å². The molecule has 7 heteroatoms. The number of nitrogens with one attached hydrogen (secondary N) is 1. The molecule has 1 aromatic rings. The van der Waals surface area contributed by atoms with Gasteiger partial charge in [-0.3, -0.25) is 0 Å². The average Bonchev–Trinajstić information content (AvgIpc) is 2.38. The van der Waals surface area contributed by atoms with Crippen LogP contribution in [0.15, 0.2) is 23.2 Å². The van der Waals surface area contributed by atoms with Crippen molar-refractivity contribution in [3.8, 4) is 0 Å². The minimum atomic E-state index is -3.45. The lowest BCUT2D eigenvalue weighted by atomic mass is 10.0. The van der Waals surface area contributed by atoms with Crippen molar-refractivity contribution in [2.75, 3.05) is 23.8 Å². The number of nitrogens with two attached hydrogens (primary N) is 1. The van der Waals surface area contributed by atoms with E-state index in [9.17, 15) is 8.42 Å². The van der Waals surface area contributed by atoms with Crippen LogP contribution in [0, 0.1) is 5.92 Å². The minimum absolute atomic E-state index is 0.168. The maximum absolute atomic E-state index is 12.0. The van der Waals surface area contributed by atoms with Gasteiger partial charge in [-0.1, -0.05) is 0 Å². The van der Waals surface area contributed by atoms with Gasteiger partial charge in [0.2, 0.25) is 10.0 Å². The number of rotatable bonds is 4. The third-order valence-electron chi connectivity index (χ3n) is 2.97. The number of anilines is 1. The van der Waals surface area contributed by atoms with Gasteiger partial charge in [0, 0.05) is 12.7 Å². The van der Waals surface area contributed by atoms with Crippen molar-refractivity contribution in [2.24, 2.45) is 5.92 Å². The fourth-order valence-electron chi connectivity index (χ4n) is 1.81. The number of pyridine rings is 1. The van der Waals surface area contributed by atoms with Gasteiger partial charge in [-0.2, -0.15) is 11.8 Å². The van der Waals surface area contributed by atoms with Crippen molar-refractivity contribution in [3.63, 3.8) is 0 Å². The molecule has 1 saturated heterocycles. The normalized spacial score (nSPS) is 17.8. The summed E-state index contributed by atoms with van der Waals surface area (Å²) in [6.45, 7) is 0.507. The molecule has 100 valence electrons. The van der Waals surface area contributed by atoms with Crippen molar-refractivity contribution in [3.05, 3.63) is 18.3 Å². The summed E-state index contributed by atoms with van der Waals surface area (Å²) in [6, 6.07) is 2.97. The van der Waals surface area contributed by atoms with Crippen molar-refractivity contribution in [1.29, 1.82) is 0 Å². The SMILES string of the molecule is Nc1ccc(S(=O)(=O)NCC2CCSCC2)cn1. The number of sulfonamides is 1. The van der Waals surface area contributed by atoms with Gasteiger partial charge in [0.25, 0.3) is 0 Å². The van der Waals surface area contributed by atoms with E-state index in [1.54, 1.807) is 0 Å². The molecule has 0 aliphatic carbocycles. The lowest BCUT2D eigenvalue weighted by molar-refractivity contribution is 0.476. The van der Waals surface area contributed by atoms with Crippen LogP contribution in [0.2, 0.25) is 0 Å². The number of aromatic nitrogens is 1. The van der Waals surface area contributed by atoms with Crippen molar-refractivity contribution in [2.45, 2.75) is 17.7 Å². The zero-order chi connectivity index (χ0) is 13.0. The Labute approximate surface area is 112 Å². The van der Waals surface area contributed by atoms with Crippen molar-refractivity contribution in [1.82, 2.24) is 9.71 Å². The van der Waals surface area contributed by atoms with Gasteiger partial charge in [0.1, 0.15) is 10.7 Å². The Morgan fingerprint density at radius 2 is 2.11 bits per heavy atom. The Morgan fingerprint density at radius 1 is 1.39 bits per heavy atom. The third kappa shape index (κ3) is 3.60. The van der Waals surface area contributed by atoms with E-state index in [1.807, 2.05) is 11.8 Å². The Bertz CT molecular complexity index is 482. The van der Waals surface area contributed by atoms with Crippen LogP contribution < -0.4 is 10.5 Å². The van der Waals surface area contributed by atoms with Crippen LogP contribution in [0.3, 0.4) is 0 Å². The van der Waals surface area contributed by atoms with E-state index in [1.165, 1.54) is 18.3 Å². The minimum Gasteiger partial charge on any atom is -0.384 e. The Kier molecular flexibility index (Phi) is 4.47. The molecule has 5 nitrogen and oxygen atoms in total. The number of thioether (sulfide) groups is 1. The monoisotopic (exact) mass is 287 g/mol. The Morgan fingerprint density at radius 3 is 2.72 bits per heavy atom. The standard InChI is InChI=1S/C11H17N3O2S2/c12-11-2-1-10(8-13-11)18(15,16)14-7-9-3-5-17-6-4-9/h1-2,8-9,14H,3-7H2,(H2,12,13). The molecule has 1 fully saturated rings. The summed E-state index contributed by atoms with van der Waals surface area (Å²) in [5, 5.41) is 0. The van der Waals surface area contributed by atoms with E-state index in [-0.39, 0.29) is 4.90 Å². The molecule has 0 saturated carbocycles. The van der Waals surface area contributed by atoms with Crippen molar-refractivity contribution < 1.29 is 8.42 Å². The van der Waals surface area contributed by atoms with Gasteiger partial charge >= 0.3 is 0 Å². The van der Waals surface area contributed by atoms with E-state index in [0.29, 0.717) is 18.3 Å². The van der Waals surface area contributed by atoms with Crippen LogP contribution in [-0.4, -0.2) is 31.5 Å². The Balaban J connectivity index is 1.96. The molecule has 0 aromatic carbocycles. The average molecular weight is 287 g/mol. The topological polar surface area (TPSA) is 85.1 Å². The molecule has 3 N–H and O–H groups in total. The molecule has 0 amide bonds. The van der Waals surface area contributed by atoms with E-state index >= 15 is 0 Å². The fourth-order valence-corrected chi connectivity index (χ4v) is 4.08. The van der Waals surface area contributed by atoms with Gasteiger partial charge in [0.15, 0.2) is 0 Å². The summed E-state index contributed by atoms with van der Waals surface area (Å²) >= 11 is 1.93. The highest BCUT2D eigenvalue weighted by Gasteiger charge is 2.19. The zero-order valence-corrected chi connectivity index (χ0v) is 11.6. The molecule has 0 radical (unpaired) electrons. The highest BCUT2D eigenvalue weighted by molar-refractivity contribution is 7.99. The molecular weight excluding hydrogens is 270 g/mol. The maximum atomic E-state index is 12.0. The highest BCUT2D eigenvalue weighted by atomic mass is 32.2. The molecule has 0 spiro atoms. The summed E-state index contributed by atoms with van der Waals surface area (Å²) in [4.78, 5) is 3.96. The summed E-state index contributed by atoms with van der Waals surface area (Å²) in [5.41, 5.74) is 5.43. The first-order valence-corrected chi connectivity index (χ1v) is 8.50. The van der Waals surface area contributed by atoms with Crippen LogP contribution in [0.1, 0.15) is 12.8 Å². The van der Waals surface area contributed by atoms with Gasteiger partial charge in [-0.15, -0.1) is 0 Å². The van der Waals surface area contributed by atoms with Crippen LogP contribution >= 0.6 is 11.8 Å². The highest BCUT2D eigenvalue weighted by Crippen LogP contribution is 2.22. The second-order valence-corrected chi connectivity index (χ2v) is 7.32. The first-order chi connectivity index (χ1) is 8.58. The van der Waals surface area contributed by atoms with Gasteiger partial charge in [0.05, 0.1) is 0 Å². The Hall–Kier alpha value is -0.790. The lowest BCUT2D eigenvalue weighted by Crippen LogP contribution is -2.31. The summed E-state index contributed by atoms with van der Waals surface area (Å²) in [7, 11) is -3.45. The zero-order valence-electron chi connectivity index (χ0n) is 10.0. The predicted molar refractivity (Wildman–Crippen MR) is 73.9 cm³/mol. The number of hydrogen-bond donors (Lipinski definition) is 2. The first-order valence-electron chi connectivity index (χ1n) is 5.87. The summed E-state index contributed by atoms with van der Waals surface area (Å²) in [6.07, 6.45) is 3.44. The number of nitrogens with zero attached hydrogens (tertiary/aromatic N) is 1.